The molecule has 1 aliphatic rings. The van der Waals surface area contributed by atoms with Crippen LogP contribution in [0.15, 0.2) is 44.6 Å². The number of halogens is 1. The number of carbonyl (C=O) groups excluding carboxylic acids is 1. The Kier molecular flexibility index (Phi) is 7.53. The summed E-state index contributed by atoms with van der Waals surface area (Å²) in [7, 11) is 1.94. The second-order valence-electron chi connectivity index (χ2n) is 8.81. The summed E-state index contributed by atoms with van der Waals surface area (Å²) in [6.45, 7) is 7.65. The summed E-state index contributed by atoms with van der Waals surface area (Å²) < 4.78 is 7.12. The molecule has 13 heteroatoms. The van der Waals surface area contributed by atoms with Crippen LogP contribution < -0.4 is 10.2 Å². The number of nitrogens with one attached hydrogen (secondary N) is 1. The predicted octanol–water partition coefficient (Wildman–Crippen LogP) is 4.68. The van der Waals surface area contributed by atoms with Crippen LogP contribution in [0.5, 0.6) is 0 Å². The van der Waals surface area contributed by atoms with Gasteiger partial charge in [0.1, 0.15) is 11.9 Å². The van der Waals surface area contributed by atoms with Crippen molar-refractivity contribution in [1.29, 1.82) is 0 Å². The van der Waals surface area contributed by atoms with E-state index in [0.29, 0.717) is 35.2 Å². The molecule has 0 unspecified atom stereocenters. The molecule has 0 spiro atoms. The van der Waals surface area contributed by atoms with Gasteiger partial charge in [-0.1, -0.05) is 33.3 Å². The Bertz CT molecular complexity index is 1150. The van der Waals surface area contributed by atoms with E-state index in [9.17, 15) is 4.79 Å². The van der Waals surface area contributed by atoms with E-state index in [0.717, 1.165) is 21.0 Å². The van der Waals surface area contributed by atoms with Crippen LogP contribution in [0, 0.1) is 5.92 Å². The van der Waals surface area contributed by atoms with Crippen molar-refractivity contribution >= 4 is 61.9 Å². The van der Waals surface area contributed by atoms with Gasteiger partial charge in [0.25, 0.3) is 0 Å². The maximum atomic E-state index is 12.1. The van der Waals surface area contributed by atoms with Crippen LogP contribution in [0.4, 0.5) is 21.6 Å². The highest BCUT2D eigenvalue weighted by Gasteiger charge is 2.34. The fourth-order valence-corrected chi connectivity index (χ4v) is 5.19. The van der Waals surface area contributed by atoms with E-state index in [1.54, 1.807) is 4.90 Å². The molecule has 0 saturated carbocycles. The molecule has 4 rings (SSSR count). The van der Waals surface area contributed by atoms with E-state index in [4.69, 9.17) is 4.74 Å². The molecule has 1 fully saturated rings. The van der Waals surface area contributed by atoms with Gasteiger partial charge in [0.05, 0.1) is 0 Å². The second-order valence-corrected chi connectivity index (χ2v) is 11.9. The van der Waals surface area contributed by atoms with Crippen LogP contribution in [0.25, 0.3) is 0 Å². The molecule has 180 valence electrons. The predicted molar refractivity (Wildman–Crippen MR) is 136 cm³/mol. The van der Waals surface area contributed by atoms with Crippen molar-refractivity contribution in [2.24, 2.45) is 5.92 Å². The van der Waals surface area contributed by atoms with Crippen LogP contribution in [0.2, 0.25) is 0 Å². The van der Waals surface area contributed by atoms with Gasteiger partial charge < -0.3 is 19.9 Å². The molecule has 34 heavy (non-hydrogen) atoms. The Morgan fingerprint density at radius 3 is 2.85 bits per heavy atom. The van der Waals surface area contributed by atoms with Crippen molar-refractivity contribution in [1.82, 2.24) is 30.0 Å². The first kappa shape index (κ1) is 24.6. The first-order valence-corrected chi connectivity index (χ1v) is 13.0. The van der Waals surface area contributed by atoms with E-state index in [-0.39, 0.29) is 6.09 Å². The van der Waals surface area contributed by atoms with E-state index >= 15 is 0 Å². The van der Waals surface area contributed by atoms with Gasteiger partial charge in [-0.3, -0.25) is 0 Å². The van der Waals surface area contributed by atoms with Gasteiger partial charge in [0, 0.05) is 42.8 Å². The van der Waals surface area contributed by atoms with Gasteiger partial charge in [0.2, 0.25) is 11.1 Å². The maximum Gasteiger partial charge on any atom is 0.410 e. The van der Waals surface area contributed by atoms with E-state index in [1.165, 1.54) is 29.4 Å². The van der Waals surface area contributed by atoms with Gasteiger partial charge in [-0.15, -0.1) is 10.2 Å². The van der Waals surface area contributed by atoms with Crippen LogP contribution in [-0.2, 0) is 4.74 Å². The molecule has 0 atom stereocenters. The zero-order chi connectivity index (χ0) is 24.3. The Labute approximate surface area is 214 Å². The highest BCUT2D eigenvalue weighted by Crippen LogP contribution is 2.32. The topological polar surface area (TPSA) is 109 Å². The van der Waals surface area contributed by atoms with Crippen molar-refractivity contribution in [3.05, 3.63) is 35.1 Å². The minimum absolute atomic E-state index is 0.268. The van der Waals surface area contributed by atoms with Crippen LogP contribution in [0.1, 0.15) is 20.8 Å². The number of carbonyl (C=O) groups is 1. The van der Waals surface area contributed by atoms with Gasteiger partial charge in [-0.05, 0) is 50.7 Å². The quantitative estimate of drug-likeness (QED) is 0.434. The molecule has 0 bridgehead atoms. The third kappa shape index (κ3) is 6.76. The summed E-state index contributed by atoms with van der Waals surface area (Å²) >= 11 is 6.22. The third-order valence-corrected chi connectivity index (χ3v) is 6.94. The van der Waals surface area contributed by atoms with E-state index in [2.05, 4.69) is 46.4 Å². The monoisotopic (exact) mass is 564 g/mol. The van der Waals surface area contributed by atoms with Gasteiger partial charge in [0.15, 0.2) is 9.50 Å². The number of amides is 1. The Morgan fingerprint density at radius 2 is 2.12 bits per heavy atom. The fourth-order valence-electron chi connectivity index (χ4n) is 3.21. The van der Waals surface area contributed by atoms with Crippen molar-refractivity contribution < 1.29 is 9.53 Å². The summed E-state index contributed by atoms with van der Waals surface area (Å²) in [4.78, 5) is 28.9. The minimum atomic E-state index is -0.486. The lowest BCUT2D eigenvalue weighted by Gasteiger charge is -2.41. The standard InChI is InChI=1S/C21H25BrN8O2S2/c1-21(2,3)32-20(31)30-10-13(11-30)9-29(4)16-23-12-24-17(26-16)33-19-28-27-18(34-19)25-15-7-5-6-14(22)8-15/h5-8,12-13H,9-11H2,1-4H3,(H,25,27). The number of hydrogen-bond donors (Lipinski definition) is 1. The summed E-state index contributed by atoms with van der Waals surface area (Å²) in [5, 5.41) is 12.9. The van der Waals surface area contributed by atoms with Gasteiger partial charge in [-0.2, -0.15) is 4.98 Å². The number of aromatic nitrogens is 5. The highest BCUT2D eigenvalue weighted by molar-refractivity contribution is 9.10. The van der Waals surface area contributed by atoms with Gasteiger partial charge in [-0.25, -0.2) is 14.8 Å². The number of nitrogens with zero attached hydrogens (tertiary/aromatic N) is 7. The molecule has 1 aromatic carbocycles. The molecular formula is C21H25BrN8O2S2. The highest BCUT2D eigenvalue weighted by atomic mass is 79.9. The molecule has 2 aromatic heterocycles. The smallest absolute Gasteiger partial charge is 0.410 e. The van der Waals surface area contributed by atoms with Crippen molar-refractivity contribution in [3.8, 4) is 0 Å². The largest absolute Gasteiger partial charge is 0.444 e. The molecule has 0 aliphatic carbocycles. The summed E-state index contributed by atoms with van der Waals surface area (Å²) in [5.74, 6) is 0.908. The molecule has 1 amide bonds. The van der Waals surface area contributed by atoms with Crippen LogP contribution in [-0.4, -0.2) is 68.4 Å². The zero-order valence-electron chi connectivity index (χ0n) is 19.2. The lowest BCUT2D eigenvalue weighted by atomic mass is 10.0. The van der Waals surface area contributed by atoms with Crippen molar-refractivity contribution in [3.63, 3.8) is 0 Å². The Morgan fingerprint density at radius 1 is 1.32 bits per heavy atom. The average Bonchev–Trinajstić information content (AvgIpc) is 3.15. The lowest BCUT2D eigenvalue weighted by molar-refractivity contribution is 0.000159. The second kappa shape index (κ2) is 10.4. The minimum Gasteiger partial charge on any atom is -0.444 e. The van der Waals surface area contributed by atoms with Crippen LogP contribution in [0.3, 0.4) is 0 Å². The first-order chi connectivity index (χ1) is 16.1. The molecule has 3 aromatic rings. The summed E-state index contributed by atoms with van der Waals surface area (Å²) in [6.07, 6.45) is 1.23. The molecule has 0 radical (unpaired) electrons. The molecule has 1 saturated heterocycles. The molecular weight excluding hydrogens is 540 g/mol. The normalized spacial score (nSPS) is 14.0. The first-order valence-electron chi connectivity index (χ1n) is 10.6. The Balaban J connectivity index is 1.29. The molecule has 10 nitrogen and oxygen atoms in total. The lowest BCUT2D eigenvalue weighted by Crippen LogP contribution is -2.54. The number of benzene rings is 1. The van der Waals surface area contributed by atoms with Gasteiger partial charge >= 0.3 is 6.09 Å². The molecule has 1 aliphatic heterocycles. The van der Waals surface area contributed by atoms with E-state index < -0.39 is 5.60 Å². The number of anilines is 3. The zero-order valence-corrected chi connectivity index (χ0v) is 22.4. The maximum absolute atomic E-state index is 12.1. The number of likely N-dealkylation sites (tertiary alicyclic amines) is 1. The van der Waals surface area contributed by atoms with Crippen molar-refractivity contribution in [2.45, 2.75) is 35.9 Å². The number of rotatable bonds is 7. The number of ether oxygens (including phenoxy) is 1. The average molecular weight is 566 g/mol. The van der Waals surface area contributed by atoms with E-state index in [1.807, 2.05) is 57.0 Å². The molecule has 1 N–H and O–H groups in total. The summed E-state index contributed by atoms with van der Waals surface area (Å²) in [5.41, 5.74) is 0.438. The molecule has 3 heterocycles. The third-order valence-electron chi connectivity index (χ3n) is 4.68. The number of hydrogen-bond acceptors (Lipinski definition) is 11. The Hall–Kier alpha value is -2.51. The van der Waals surface area contributed by atoms with Crippen LogP contribution >= 0.6 is 39.0 Å². The van der Waals surface area contributed by atoms with Crippen molar-refractivity contribution in [2.75, 3.05) is 36.9 Å². The SMILES string of the molecule is CN(CC1CN(C(=O)OC(C)(C)C)C1)c1ncnc(Sc2nnc(Nc3cccc(Br)c3)s2)n1. The fraction of sp³-hybridized carbons (Fsp3) is 0.429. The summed E-state index contributed by atoms with van der Waals surface area (Å²) in [6, 6.07) is 7.84.